The average molecular weight is 827 g/mol. The van der Waals surface area contributed by atoms with Crippen LogP contribution >= 0.6 is 17.5 Å². The van der Waals surface area contributed by atoms with Gasteiger partial charge in [-0.15, -0.1) is 5.92 Å². The summed E-state index contributed by atoms with van der Waals surface area (Å²) in [5.41, 5.74) is 8.15. The smallest absolute Gasteiger partial charge is 2.00 e. The molecule has 4 aliphatic rings. The third kappa shape index (κ3) is 13.3. The largest absolute Gasteiger partial charge is 2.00 e. The van der Waals surface area contributed by atoms with Crippen molar-refractivity contribution in [2.75, 3.05) is 19.0 Å². The van der Waals surface area contributed by atoms with Gasteiger partial charge in [0.1, 0.15) is 5.82 Å². The van der Waals surface area contributed by atoms with Gasteiger partial charge in [-0.25, -0.2) is 16.4 Å². The first-order valence-corrected chi connectivity index (χ1v) is 20.9. The molecule has 1 heterocycles. The first-order chi connectivity index (χ1) is 23.5. The molecule has 0 unspecified atom stereocenters. The maximum atomic E-state index is 4.49. The maximum Gasteiger partial charge on any atom is 2.00 e. The van der Waals surface area contributed by atoms with Crippen LogP contribution in [0.1, 0.15) is 81.4 Å². The second kappa shape index (κ2) is 23.7. The number of nitrogens with zero attached hydrogens (tertiary/aromatic N) is 3. The van der Waals surface area contributed by atoms with Gasteiger partial charge in [0.2, 0.25) is 0 Å². The van der Waals surface area contributed by atoms with E-state index in [-0.39, 0.29) is 25.0 Å². The molecule has 49 heavy (non-hydrogen) atoms. The van der Waals surface area contributed by atoms with Crippen LogP contribution < -0.4 is 10.2 Å². The second-order valence-corrected chi connectivity index (χ2v) is 15.7. The molecule has 0 N–H and O–H groups in total. The maximum absolute atomic E-state index is 4.49. The van der Waals surface area contributed by atoms with Crippen LogP contribution in [0.3, 0.4) is 0 Å². The number of hydrogen-bond donors (Lipinski definition) is 0. The van der Waals surface area contributed by atoms with E-state index < -0.39 is 0 Å². The molecule has 4 aliphatic carbocycles. The van der Waals surface area contributed by atoms with Crippen molar-refractivity contribution in [2.45, 2.75) is 89.4 Å². The Morgan fingerprint density at radius 3 is 1.67 bits per heavy atom. The van der Waals surface area contributed by atoms with E-state index in [4.69, 9.17) is 0 Å². The minimum Gasteiger partial charge on any atom is 2.00 e. The molecule has 4 fully saturated rings. The van der Waals surface area contributed by atoms with Crippen molar-refractivity contribution in [3.05, 3.63) is 136 Å². The van der Waals surface area contributed by atoms with Crippen LogP contribution in [-0.2, 0) is 35.2 Å². The molecule has 0 bridgehead atoms. The molecule has 2 aromatic carbocycles. The summed E-state index contributed by atoms with van der Waals surface area (Å²) in [4.78, 5) is 10.9. The van der Waals surface area contributed by atoms with Crippen LogP contribution in [-0.4, -0.2) is 35.4 Å². The number of para-hydroxylation sites is 1. The van der Waals surface area contributed by atoms with Crippen molar-refractivity contribution >= 4 is 28.4 Å². The fourth-order valence-corrected chi connectivity index (χ4v) is 11.0. The molecule has 10 radical (unpaired) electrons. The van der Waals surface area contributed by atoms with Gasteiger partial charge in [-0.1, -0.05) is 102 Å². The SMILES string of the molecule is CN(C)c1ccccc1-c1ccccc1P(C1CCCCC1)C1CCCCC1.Cc1cc(C)nc([C]2[C-][CH][CH][CH]2)n1.[CH]1[CH][CH][CH][CH]1.[Cl][Pd+].[Fe+2]. The van der Waals surface area contributed by atoms with Crippen molar-refractivity contribution in [3.63, 3.8) is 0 Å². The summed E-state index contributed by atoms with van der Waals surface area (Å²) < 4.78 is 0. The summed E-state index contributed by atoms with van der Waals surface area (Å²) in [6.07, 6.45) is 33.4. The van der Waals surface area contributed by atoms with E-state index in [9.17, 15) is 0 Å². The van der Waals surface area contributed by atoms with Crippen LogP contribution in [0.15, 0.2) is 54.6 Å². The number of anilines is 1. The number of benzene rings is 2. The van der Waals surface area contributed by atoms with Gasteiger partial charge >= 0.3 is 44.8 Å². The molecule has 1 aromatic heterocycles. The fourth-order valence-electron chi connectivity index (χ4n) is 7.06. The Kier molecular flexibility index (Phi) is 20.6. The Bertz CT molecular complexity index is 1290. The van der Waals surface area contributed by atoms with E-state index in [1.165, 1.54) is 81.0 Å². The van der Waals surface area contributed by atoms with Gasteiger partial charge in [-0.05, 0) is 106 Å². The molecule has 7 rings (SSSR count). The third-order valence-electron chi connectivity index (χ3n) is 9.17. The number of rotatable bonds is 6. The minimum absolute atomic E-state index is 0. The zero-order valence-corrected chi connectivity index (χ0v) is 33.7. The molecule has 3 nitrogen and oxygen atoms in total. The molecular weight excluding hydrogens is 775 g/mol. The van der Waals surface area contributed by atoms with Crippen LogP contribution in [0, 0.1) is 77.6 Å². The Hall–Kier alpha value is -0.778. The van der Waals surface area contributed by atoms with Crippen LogP contribution in [0.2, 0.25) is 0 Å². The second-order valence-electron chi connectivity index (χ2n) is 12.9. The molecular formula is C42H51ClFeN3PPd+2. The molecule has 0 spiro atoms. The van der Waals surface area contributed by atoms with Crippen LogP contribution in [0.5, 0.6) is 0 Å². The summed E-state index contributed by atoms with van der Waals surface area (Å²) in [7, 11) is 8.75. The zero-order chi connectivity index (χ0) is 34.1. The van der Waals surface area contributed by atoms with Gasteiger partial charge < -0.3 is 11.3 Å². The quantitative estimate of drug-likeness (QED) is 0.141. The third-order valence-corrected chi connectivity index (χ3v) is 12.7. The minimum atomic E-state index is -0.0867. The van der Waals surface area contributed by atoms with Crippen molar-refractivity contribution < 1.29 is 35.2 Å². The Morgan fingerprint density at radius 2 is 1.18 bits per heavy atom. The summed E-state index contributed by atoms with van der Waals surface area (Å²) in [5, 5.41) is 1.70. The van der Waals surface area contributed by atoms with Crippen molar-refractivity contribution in [1.82, 2.24) is 9.97 Å². The van der Waals surface area contributed by atoms with E-state index >= 15 is 0 Å². The van der Waals surface area contributed by atoms with E-state index in [1.807, 2.05) is 71.3 Å². The summed E-state index contributed by atoms with van der Waals surface area (Å²) in [6.45, 7) is 3.95. The molecule has 4 saturated carbocycles. The molecule has 0 amide bonds. The predicted octanol–water partition coefficient (Wildman–Crippen LogP) is 10.6. The molecule has 0 atom stereocenters. The standard InChI is InChI=1S/C26H36NP.C11H10N2.C5H5.ClH.Fe.Pd/c1-27(2)25-19-11-9-17-23(25)24-18-10-12-20-26(24)28(21-13-5-3-6-14-21)22-15-7-4-8-16-22;1-8-7-9(2)13-11(12-8)10-5-3-4-6-10;1-2-4-5-3-1;;;/h9-12,17-22H,3-8,13-16H2,1-2H3;3-5,7H,1-2H3;1-5H;1H;;/q;-1;;;2*+2/p-1. The molecule has 3 aromatic rings. The zero-order valence-electron chi connectivity index (χ0n) is 29.4. The summed E-state index contributed by atoms with van der Waals surface area (Å²) >= 11 is 2.22. The van der Waals surface area contributed by atoms with E-state index in [1.54, 1.807) is 5.30 Å². The summed E-state index contributed by atoms with van der Waals surface area (Å²) in [6, 6.07) is 20.4. The van der Waals surface area contributed by atoms with Crippen molar-refractivity contribution in [1.29, 1.82) is 0 Å². The molecule has 0 aliphatic heterocycles. The Balaban J connectivity index is 0.000000255. The van der Waals surface area contributed by atoms with Crippen LogP contribution in [0.4, 0.5) is 5.69 Å². The number of aromatic nitrogens is 2. The van der Waals surface area contributed by atoms with E-state index in [0.717, 1.165) is 34.4 Å². The van der Waals surface area contributed by atoms with Crippen molar-refractivity contribution in [2.24, 2.45) is 0 Å². The Labute approximate surface area is 326 Å². The monoisotopic (exact) mass is 825 g/mol. The fraction of sp³-hybridized carbons (Fsp3) is 0.381. The summed E-state index contributed by atoms with van der Waals surface area (Å²) in [5.74, 6) is 1.73. The van der Waals surface area contributed by atoms with Gasteiger partial charge in [0.05, 0.1) is 0 Å². The van der Waals surface area contributed by atoms with Gasteiger partial charge in [-0.3, -0.25) is 0 Å². The van der Waals surface area contributed by atoms with E-state index in [0.29, 0.717) is 0 Å². The van der Waals surface area contributed by atoms with Gasteiger partial charge in [-0.2, -0.15) is 0 Å². The van der Waals surface area contributed by atoms with Crippen molar-refractivity contribution in [3.8, 4) is 11.1 Å². The molecule has 262 valence electrons. The average Bonchev–Trinajstić information content (AvgIpc) is 3.89. The first-order valence-electron chi connectivity index (χ1n) is 17.4. The predicted molar refractivity (Wildman–Crippen MR) is 204 cm³/mol. The Morgan fingerprint density at radius 1 is 0.694 bits per heavy atom. The number of aryl methyl sites for hydroxylation is 2. The van der Waals surface area contributed by atoms with Gasteiger partial charge in [0, 0.05) is 36.7 Å². The van der Waals surface area contributed by atoms with Gasteiger partial charge in [0.25, 0.3) is 0 Å². The number of hydrogen-bond acceptors (Lipinski definition) is 3. The molecule has 0 saturated heterocycles. The number of halogens is 1. The van der Waals surface area contributed by atoms with Gasteiger partial charge in [0.15, 0.2) is 0 Å². The topological polar surface area (TPSA) is 29.0 Å². The van der Waals surface area contributed by atoms with Crippen LogP contribution in [0.25, 0.3) is 11.1 Å². The normalized spacial score (nSPS) is 18.3. The van der Waals surface area contributed by atoms with E-state index in [2.05, 4.69) is 112 Å². The molecule has 7 heteroatoms. The first kappa shape index (κ1) is 42.6.